The largest absolute Gasteiger partial charge is 0.356 e. The predicted octanol–water partition coefficient (Wildman–Crippen LogP) is 4.92. The van der Waals surface area contributed by atoms with Gasteiger partial charge in [-0.2, -0.15) is 5.10 Å². The highest BCUT2D eigenvalue weighted by Crippen LogP contribution is 2.42. The molecule has 0 unspecified atom stereocenters. The van der Waals surface area contributed by atoms with Crippen molar-refractivity contribution in [1.29, 1.82) is 0 Å². The molecular formula is C26H32FN7O. The molecule has 9 heteroatoms. The van der Waals surface area contributed by atoms with Crippen molar-refractivity contribution in [2.24, 2.45) is 7.05 Å². The third kappa shape index (κ3) is 3.83. The second kappa shape index (κ2) is 8.62. The standard InChI is InChI=1S/C26H32FN7O/c1-14(2)34-16(4)25(35)32(5)20-11-10-18(12-21(20)34)29-26-28-13-19(27)24(30-26)22-15(3)33(6)31-23(22)17-8-7-9-17/h10-14,16-17H,7-9H2,1-6H3,(H,28,29,30)/t16-/m1/s1. The normalized spacial score (nSPS) is 18.2. The topological polar surface area (TPSA) is 79.2 Å². The number of halogens is 1. The van der Waals surface area contributed by atoms with Gasteiger partial charge in [0.15, 0.2) is 5.82 Å². The Hall–Kier alpha value is -3.49. The van der Waals surface area contributed by atoms with E-state index >= 15 is 4.39 Å². The number of aromatic nitrogens is 4. The van der Waals surface area contributed by atoms with Gasteiger partial charge in [-0.25, -0.2) is 14.4 Å². The van der Waals surface area contributed by atoms with E-state index in [0.717, 1.165) is 46.9 Å². The third-order valence-corrected chi connectivity index (χ3v) is 7.37. The van der Waals surface area contributed by atoms with Crippen LogP contribution in [-0.4, -0.2) is 44.8 Å². The molecule has 5 rings (SSSR count). The van der Waals surface area contributed by atoms with Crippen LogP contribution < -0.4 is 15.1 Å². The first-order chi connectivity index (χ1) is 16.7. The Labute approximate surface area is 205 Å². The second-order valence-electron chi connectivity index (χ2n) is 9.89. The van der Waals surface area contributed by atoms with Crippen LogP contribution in [0.5, 0.6) is 0 Å². The van der Waals surface area contributed by atoms with E-state index in [9.17, 15) is 4.79 Å². The summed E-state index contributed by atoms with van der Waals surface area (Å²) in [5.41, 5.74) is 5.42. The van der Waals surface area contributed by atoms with Gasteiger partial charge in [0.25, 0.3) is 0 Å². The Morgan fingerprint density at radius 1 is 1.17 bits per heavy atom. The van der Waals surface area contributed by atoms with Gasteiger partial charge in [0.1, 0.15) is 11.7 Å². The number of benzene rings is 1. The summed E-state index contributed by atoms with van der Waals surface area (Å²) < 4.78 is 16.8. The molecule has 1 N–H and O–H groups in total. The van der Waals surface area contributed by atoms with Crippen LogP contribution in [-0.2, 0) is 11.8 Å². The zero-order valence-electron chi connectivity index (χ0n) is 21.1. The summed E-state index contributed by atoms with van der Waals surface area (Å²) in [5, 5.41) is 7.94. The summed E-state index contributed by atoms with van der Waals surface area (Å²) >= 11 is 0. The van der Waals surface area contributed by atoms with Crippen LogP contribution in [0.1, 0.15) is 57.3 Å². The molecular weight excluding hydrogens is 445 g/mol. The highest BCUT2D eigenvalue weighted by molar-refractivity contribution is 6.05. The van der Waals surface area contributed by atoms with E-state index in [-0.39, 0.29) is 23.7 Å². The summed E-state index contributed by atoms with van der Waals surface area (Å²) in [7, 11) is 3.68. The van der Waals surface area contributed by atoms with Crippen molar-refractivity contribution in [2.75, 3.05) is 22.2 Å². The maximum atomic E-state index is 15.0. The van der Waals surface area contributed by atoms with Gasteiger partial charge in [-0.15, -0.1) is 0 Å². The summed E-state index contributed by atoms with van der Waals surface area (Å²) in [6.45, 7) is 8.02. The zero-order valence-corrected chi connectivity index (χ0v) is 21.1. The monoisotopic (exact) mass is 477 g/mol. The van der Waals surface area contributed by atoms with Crippen LogP contribution in [0.2, 0.25) is 0 Å². The molecule has 0 radical (unpaired) electrons. The Bertz CT molecular complexity index is 1300. The van der Waals surface area contributed by atoms with Crippen LogP contribution >= 0.6 is 0 Å². The number of aryl methyl sites for hydroxylation is 1. The van der Waals surface area contributed by atoms with Gasteiger partial charge in [-0.05, 0) is 58.7 Å². The van der Waals surface area contributed by atoms with Gasteiger partial charge >= 0.3 is 0 Å². The summed E-state index contributed by atoms with van der Waals surface area (Å²) in [6.07, 6.45) is 4.52. The number of nitrogens with zero attached hydrogens (tertiary/aromatic N) is 6. The highest BCUT2D eigenvalue weighted by atomic mass is 19.1. The summed E-state index contributed by atoms with van der Waals surface area (Å²) in [4.78, 5) is 25.3. The molecule has 2 aromatic heterocycles. The predicted molar refractivity (Wildman–Crippen MR) is 136 cm³/mol. The Kier molecular flexibility index (Phi) is 5.73. The lowest BCUT2D eigenvalue weighted by molar-refractivity contribution is -0.119. The fourth-order valence-electron chi connectivity index (χ4n) is 5.17. The number of hydrogen-bond donors (Lipinski definition) is 1. The first-order valence-corrected chi connectivity index (χ1v) is 12.2. The third-order valence-electron chi connectivity index (χ3n) is 7.37. The lowest BCUT2D eigenvalue weighted by Gasteiger charge is -2.42. The Morgan fingerprint density at radius 3 is 2.57 bits per heavy atom. The average molecular weight is 478 g/mol. The number of carbonyl (C=O) groups excluding carboxylic acids is 1. The number of rotatable bonds is 5. The number of amides is 1. The first-order valence-electron chi connectivity index (χ1n) is 12.2. The maximum Gasteiger partial charge on any atom is 0.249 e. The Morgan fingerprint density at radius 2 is 1.91 bits per heavy atom. The van der Waals surface area contributed by atoms with Gasteiger partial charge < -0.3 is 15.1 Å². The molecule has 35 heavy (non-hydrogen) atoms. The second-order valence-corrected chi connectivity index (χ2v) is 9.89. The van der Waals surface area contributed by atoms with Crippen LogP contribution in [0.4, 0.5) is 27.4 Å². The van der Waals surface area contributed by atoms with Gasteiger partial charge in [-0.3, -0.25) is 9.48 Å². The molecule has 1 aromatic carbocycles. The number of anilines is 4. The molecule has 1 atom stereocenters. The fourth-order valence-corrected chi connectivity index (χ4v) is 5.17. The molecule has 3 heterocycles. The summed E-state index contributed by atoms with van der Waals surface area (Å²) in [5.74, 6) is 0.263. The van der Waals surface area contributed by atoms with Crippen molar-refractivity contribution in [3.05, 3.63) is 41.6 Å². The SMILES string of the molecule is Cc1c(-c2nc(Nc3ccc4c(c3)N(C(C)C)[C@H](C)C(=O)N4C)ncc2F)c(C2CCC2)nn1C. The number of fused-ring (bicyclic) bond motifs is 1. The van der Waals surface area contributed by atoms with E-state index in [4.69, 9.17) is 0 Å². The molecule has 184 valence electrons. The van der Waals surface area contributed by atoms with Crippen molar-refractivity contribution in [3.63, 3.8) is 0 Å². The quantitative estimate of drug-likeness (QED) is 0.562. The molecule has 1 amide bonds. The molecule has 8 nitrogen and oxygen atoms in total. The molecule has 1 fully saturated rings. The van der Waals surface area contributed by atoms with Crippen LogP contribution in [0.3, 0.4) is 0 Å². The molecule has 3 aromatic rings. The molecule has 0 saturated heterocycles. The first kappa shape index (κ1) is 23.3. The minimum absolute atomic E-state index is 0.0625. The van der Waals surface area contributed by atoms with Gasteiger partial charge in [-0.1, -0.05) is 6.42 Å². The number of nitrogens with one attached hydrogen (secondary N) is 1. The smallest absolute Gasteiger partial charge is 0.249 e. The molecule has 1 aliphatic carbocycles. The number of likely N-dealkylation sites (N-methyl/N-ethyl adjacent to an activating group) is 1. The minimum atomic E-state index is -0.461. The van der Waals surface area contributed by atoms with Crippen LogP contribution in [0.15, 0.2) is 24.4 Å². The van der Waals surface area contributed by atoms with Crippen molar-refractivity contribution >= 4 is 28.9 Å². The van der Waals surface area contributed by atoms with Crippen molar-refractivity contribution in [1.82, 2.24) is 19.7 Å². The number of carbonyl (C=O) groups is 1. The van der Waals surface area contributed by atoms with Crippen LogP contribution in [0.25, 0.3) is 11.3 Å². The number of hydrogen-bond acceptors (Lipinski definition) is 6. The van der Waals surface area contributed by atoms with E-state index in [0.29, 0.717) is 11.9 Å². The molecule has 0 spiro atoms. The van der Waals surface area contributed by atoms with Crippen molar-refractivity contribution in [2.45, 2.75) is 65.0 Å². The maximum absolute atomic E-state index is 15.0. The Balaban J connectivity index is 1.52. The van der Waals surface area contributed by atoms with E-state index in [1.54, 1.807) is 16.6 Å². The molecule has 0 bridgehead atoms. The average Bonchev–Trinajstić information content (AvgIpc) is 3.05. The van der Waals surface area contributed by atoms with Gasteiger partial charge in [0.2, 0.25) is 11.9 Å². The lowest BCUT2D eigenvalue weighted by Crippen LogP contribution is -2.53. The van der Waals surface area contributed by atoms with Gasteiger partial charge in [0.05, 0.1) is 23.3 Å². The van der Waals surface area contributed by atoms with E-state index in [1.165, 1.54) is 12.6 Å². The molecule has 1 aliphatic heterocycles. The lowest BCUT2D eigenvalue weighted by atomic mass is 9.81. The minimum Gasteiger partial charge on any atom is -0.356 e. The van der Waals surface area contributed by atoms with Crippen LogP contribution in [0, 0.1) is 12.7 Å². The zero-order chi connectivity index (χ0) is 25.0. The van der Waals surface area contributed by atoms with E-state index in [2.05, 4.69) is 39.1 Å². The van der Waals surface area contributed by atoms with E-state index < -0.39 is 5.82 Å². The van der Waals surface area contributed by atoms with E-state index in [1.807, 2.05) is 39.1 Å². The summed E-state index contributed by atoms with van der Waals surface area (Å²) in [6, 6.07) is 5.68. The van der Waals surface area contributed by atoms with Gasteiger partial charge in [0, 0.05) is 43.0 Å². The highest BCUT2D eigenvalue weighted by Gasteiger charge is 2.35. The fraction of sp³-hybridized carbons (Fsp3) is 0.462. The van der Waals surface area contributed by atoms with Crippen molar-refractivity contribution in [3.8, 4) is 11.3 Å². The van der Waals surface area contributed by atoms with Crippen molar-refractivity contribution < 1.29 is 9.18 Å². The molecule has 1 saturated carbocycles. The molecule has 2 aliphatic rings.